The molecule has 5 aromatic rings. The van der Waals surface area contributed by atoms with Gasteiger partial charge in [-0.25, -0.2) is 4.98 Å². The largest absolute Gasteiger partial charge is 0.507 e. The molecule has 6 atom stereocenters. The normalized spacial score (nSPS) is 27.6. The van der Waals surface area contributed by atoms with Crippen molar-refractivity contribution in [2.45, 2.75) is 160 Å². The van der Waals surface area contributed by atoms with Crippen LogP contribution in [0.4, 0.5) is 11.5 Å². The van der Waals surface area contributed by atoms with E-state index in [-0.39, 0.29) is 53.8 Å². The number of aryl methyl sites for hydroxylation is 1. The Kier molecular flexibility index (Phi) is 14.0. The van der Waals surface area contributed by atoms with Crippen molar-refractivity contribution in [2.75, 3.05) is 30.3 Å². The minimum absolute atomic E-state index is 0.0346. The maximum absolute atomic E-state index is 14.4. The van der Waals surface area contributed by atoms with Gasteiger partial charge in [0, 0.05) is 54.5 Å². The van der Waals surface area contributed by atoms with E-state index in [0.29, 0.717) is 47.0 Å². The van der Waals surface area contributed by atoms with Gasteiger partial charge in [0.05, 0.1) is 39.6 Å². The lowest BCUT2D eigenvalue weighted by molar-refractivity contribution is -0.150. The van der Waals surface area contributed by atoms with Gasteiger partial charge < -0.3 is 41.3 Å². The molecule has 2 aliphatic carbocycles. The standard InChI is InChI=1S/C59H74N10O5S/c1-34(39-12-17-48(61-31-39)52-35(2)62-33-75-52)63-56(73)50-26-46(70)32-68(50)57(74)53(58(3,4)5)64-55(72)41-27-59(28-41)29-45(30-59)67-20-18-38(19-21-67)37-10-13-42(14-11-37)69-43-15-16-44(69)24-36(23-43)22-40-25-49(65-66-54(40)60)47-8-6-7-9-51(47)71/h6-14,17,25,31,33-34,36,38,41,43-46,50,53,70-71H,15-16,18-24,26-30,32H2,1-5H3,(H2,60,66)(H,63,73)(H,64,72)/t34-,36?,41?,43?,44?,45?,46+,50-,53+,59?/m0/s1. The molecule has 75 heavy (non-hydrogen) atoms. The number of nitrogen functional groups attached to an aromatic ring is 1. The number of carbonyl (C=O) groups is 3. The van der Waals surface area contributed by atoms with Crippen LogP contribution in [0.5, 0.6) is 5.75 Å². The van der Waals surface area contributed by atoms with Gasteiger partial charge in [0.25, 0.3) is 0 Å². The van der Waals surface area contributed by atoms with Crippen molar-refractivity contribution < 1.29 is 24.6 Å². The summed E-state index contributed by atoms with van der Waals surface area (Å²) in [4.78, 5) is 58.9. The Morgan fingerprint density at radius 2 is 1.57 bits per heavy atom. The van der Waals surface area contributed by atoms with E-state index >= 15 is 0 Å². The lowest BCUT2D eigenvalue weighted by Crippen LogP contribution is -2.62. The Balaban J connectivity index is 0.627. The Morgan fingerprint density at radius 3 is 2.23 bits per heavy atom. The van der Waals surface area contributed by atoms with Crippen LogP contribution in [-0.2, 0) is 20.8 Å². The van der Waals surface area contributed by atoms with Gasteiger partial charge in [-0.1, -0.05) is 51.1 Å². The third kappa shape index (κ3) is 10.4. The van der Waals surface area contributed by atoms with Crippen LogP contribution in [0.1, 0.15) is 133 Å². The molecule has 1 spiro atoms. The molecule has 3 amide bonds. The predicted octanol–water partition coefficient (Wildman–Crippen LogP) is 8.36. The predicted molar refractivity (Wildman–Crippen MR) is 292 cm³/mol. The summed E-state index contributed by atoms with van der Waals surface area (Å²) in [5.74, 6) is 0.835. The first-order chi connectivity index (χ1) is 36.0. The zero-order valence-corrected chi connectivity index (χ0v) is 44.9. The number of likely N-dealkylation sites (tertiary alicyclic amines) is 2. The number of rotatable bonds is 13. The second-order valence-electron chi connectivity index (χ2n) is 24.2. The van der Waals surface area contributed by atoms with Gasteiger partial charge in [0.15, 0.2) is 0 Å². The molecule has 6 fully saturated rings. The minimum atomic E-state index is -0.860. The van der Waals surface area contributed by atoms with Gasteiger partial charge in [-0.2, -0.15) is 0 Å². The van der Waals surface area contributed by atoms with Crippen molar-refractivity contribution in [3.05, 3.63) is 101 Å². The second-order valence-corrected chi connectivity index (χ2v) is 25.1. The molecule has 396 valence electrons. The van der Waals surface area contributed by atoms with Crippen molar-refractivity contribution >= 4 is 40.6 Å². The van der Waals surface area contributed by atoms with Gasteiger partial charge in [-0.15, -0.1) is 21.5 Å². The van der Waals surface area contributed by atoms with Crippen LogP contribution >= 0.6 is 11.3 Å². The number of pyridine rings is 1. The number of piperidine rings is 2. The third-order valence-electron chi connectivity index (χ3n) is 18.1. The van der Waals surface area contributed by atoms with Crippen molar-refractivity contribution in [1.29, 1.82) is 0 Å². The van der Waals surface area contributed by atoms with E-state index in [1.807, 2.05) is 71.0 Å². The van der Waals surface area contributed by atoms with E-state index in [4.69, 9.17) is 5.73 Å². The Hall–Kier alpha value is -5.97. The first-order valence-corrected chi connectivity index (χ1v) is 28.4. The summed E-state index contributed by atoms with van der Waals surface area (Å²) in [7, 11) is 0. The van der Waals surface area contributed by atoms with E-state index < -0.39 is 23.6 Å². The van der Waals surface area contributed by atoms with Crippen LogP contribution in [-0.4, -0.2) is 114 Å². The molecular formula is C59H74N10O5S. The van der Waals surface area contributed by atoms with Gasteiger partial charge in [0.1, 0.15) is 23.7 Å². The minimum Gasteiger partial charge on any atom is -0.507 e. The molecule has 0 radical (unpaired) electrons. The number of carbonyl (C=O) groups excluding carboxylic acids is 3. The summed E-state index contributed by atoms with van der Waals surface area (Å²) < 4.78 is 0. The van der Waals surface area contributed by atoms with Crippen LogP contribution in [0, 0.1) is 29.6 Å². The van der Waals surface area contributed by atoms with Crippen LogP contribution in [0.25, 0.3) is 21.8 Å². The number of hydrogen-bond donors (Lipinski definition) is 5. The molecule has 2 saturated carbocycles. The SMILES string of the molecule is Cc1ncsc1-c1ccc([C@H](C)NC(=O)[C@@H]2C[C@@H](O)CN2C(=O)[C@@H](NC(=O)C2CC3(C2)CC(N2CCC(c4ccc(N5C6CCC5CC(Cc5cc(-c7ccccc7O)nnc5N)C6)cc4)CC2)C3)C(C)(C)C)cn1. The Bertz CT molecular complexity index is 2870. The summed E-state index contributed by atoms with van der Waals surface area (Å²) in [5, 5.41) is 36.0. The maximum Gasteiger partial charge on any atom is 0.246 e. The topological polar surface area (TPSA) is 203 Å². The molecule has 2 unspecified atom stereocenters. The molecule has 6 N–H and O–H groups in total. The molecule has 16 heteroatoms. The van der Waals surface area contributed by atoms with Gasteiger partial charge in [0.2, 0.25) is 17.7 Å². The maximum atomic E-state index is 14.4. The molecule has 11 rings (SSSR count). The fourth-order valence-electron chi connectivity index (χ4n) is 14.0. The molecule has 2 bridgehead atoms. The second kappa shape index (κ2) is 20.5. The van der Waals surface area contributed by atoms with E-state index in [2.05, 4.69) is 64.9 Å². The van der Waals surface area contributed by atoms with E-state index in [0.717, 1.165) is 98.3 Å². The number of aromatic nitrogens is 4. The number of phenolic OH excluding ortho intramolecular Hbond substituents is 1. The molecule has 15 nitrogen and oxygen atoms in total. The van der Waals surface area contributed by atoms with Crippen LogP contribution in [0.15, 0.2) is 78.4 Å². The number of nitrogens with one attached hydrogen (secondary N) is 2. The highest BCUT2D eigenvalue weighted by Gasteiger charge is 2.57. The van der Waals surface area contributed by atoms with Gasteiger partial charge >= 0.3 is 0 Å². The number of fused-ring (bicyclic) bond motifs is 2. The fourth-order valence-corrected chi connectivity index (χ4v) is 14.7. The number of amides is 3. The molecule has 3 aromatic heterocycles. The quantitative estimate of drug-likeness (QED) is 0.0756. The average Bonchev–Trinajstić information content (AvgIpc) is 4.09. The van der Waals surface area contributed by atoms with Crippen LogP contribution < -0.4 is 21.3 Å². The monoisotopic (exact) mass is 1030 g/mol. The third-order valence-corrected chi connectivity index (χ3v) is 19.0. The highest BCUT2D eigenvalue weighted by Crippen LogP contribution is 2.60. The van der Waals surface area contributed by atoms with E-state index in [9.17, 15) is 24.6 Å². The fraction of sp³-hybridized carbons (Fsp3) is 0.542. The molecule has 4 aliphatic heterocycles. The van der Waals surface area contributed by atoms with Crippen molar-refractivity contribution in [1.82, 2.24) is 40.6 Å². The Morgan fingerprint density at radius 1 is 0.853 bits per heavy atom. The summed E-state index contributed by atoms with van der Waals surface area (Å²) in [6, 6.07) is 22.1. The highest BCUT2D eigenvalue weighted by atomic mass is 32.1. The van der Waals surface area contributed by atoms with E-state index in [1.165, 1.54) is 40.3 Å². The number of para-hydroxylation sites is 1. The summed E-state index contributed by atoms with van der Waals surface area (Å²) >= 11 is 1.53. The molecule has 2 aromatic carbocycles. The van der Waals surface area contributed by atoms with Gasteiger partial charge in [-0.05, 0) is 173 Å². The molecular weight excluding hydrogens is 961 g/mol. The summed E-state index contributed by atoms with van der Waals surface area (Å²) in [6.45, 7) is 11.9. The lowest BCUT2D eigenvalue weighted by atomic mass is 9.49. The first kappa shape index (κ1) is 51.2. The zero-order chi connectivity index (χ0) is 52.3. The number of hydrogen-bond acceptors (Lipinski definition) is 13. The van der Waals surface area contributed by atoms with E-state index in [1.54, 1.807) is 17.8 Å². The number of β-amino-alcohol motifs (C(OH)–C–C–N with tert-alkyl or cyclic N) is 1. The highest BCUT2D eigenvalue weighted by molar-refractivity contribution is 7.13. The Labute approximate surface area is 445 Å². The van der Waals surface area contributed by atoms with Crippen LogP contribution in [0.2, 0.25) is 0 Å². The molecule has 4 saturated heterocycles. The lowest BCUT2D eigenvalue weighted by Gasteiger charge is -2.60. The summed E-state index contributed by atoms with van der Waals surface area (Å²) in [5.41, 5.74) is 15.4. The van der Waals surface area contributed by atoms with Gasteiger partial charge in [-0.3, -0.25) is 19.4 Å². The number of thiazole rings is 1. The number of anilines is 2. The van der Waals surface area contributed by atoms with Crippen molar-refractivity contribution in [3.8, 4) is 27.6 Å². The number of aliphatic hydroxyl groups excluding tert-OH is 1. The number of nitrogens with zero attached hydrogens (tertiary/aromatic N) is 7. The smallest absolute Gasteiger partial charge is 0.246 e. The zero-order valence-electron chi connectivity index (χ0n) is 44.1. The first-order valence-electron chi connectivity index (χ1n) is 27.5. The number of aliphatic hydroxyl groups is 1. The molecule has 7 heterocycles. The van der Waals surface area contributed by atoms with Crippen molar-refractivity contribution in [3.63, 3.8) is 0 Å². The summed E-state index contributed by atoms with van der Waals surface area (Å²) in [6.07, 6.45) is 12.8. The number of nitrogens with two attached hydrogens (primary N) is 1. The number of aromatic hydroxyl groups is 1. The number of benzene rings is 2. The average molecular weight is 1040 g/mol. The van der Waals surface area contributed by atoms with Crippen molar-refractivity contribution in [2.24, 2.45) is 22.7 Å². The van der Waals surface area contributed by atoms with Crippen LogP contribution in [0.3, 0.4) is 0 Å². The number of phenols is 1. The molecule has 6 aliphatic rings.